The first-order valence-electron chi connectivity index (χ1n) is 5.17. The van der Waals surface area contributed by atoms with Crippen LogP contribution in [0.1, 0.15) is 16.1 Å². The van der Waals surface area contributed by atoms with Crippen molar-refractivity contribution in [3.8, 4) is 0 Å². The molecule has 1 amide bonds. The third-order valence-electron chi connectivity index (χ3n) is 2.23. The molecule has 2 aromatic heterocycles. The molecule has 2 rings (SSSR count). The molecule has 3 nitrogen and oxygen atoms in total. The summed E-state index contributed by atoms with van der Waals surface area (Å²) in [5, 5.41) is 6.97. The van der Waals surface area contributed by atoms with Crippen molar-refractivity contribution >= 4 is 33.2 Å². The Bertz CT molecular complexity index is 499. The van der Waals surface area contributed by atoms with E-state index in [0.717, 1.165) is 6.42 Å². The van der Waals surface area contributed by atoms with Gasteiger partial charge in [0.1, 0.15) is 10.3 Å². The van der Waals surface area contributed by atoms with Gasteiger partial charge in [0.2, 0.25) is 0 Å². The van der Waals surface area contributed by atoms with Gasteiger partial charge in [-0.1, -0.05) is 6.07 Å². The van der Waals surface area contributed by atoms with E-state index in [1.165, 1.54) is 5.56 Å². The van der Waals surface area contributed by atoms with Crippen molar-refractivity contribution in [1.29, 1.82) is 0 Å². The van der Waals surface area contributed by atoms with E-state index in [0.29, 0.717) is 16.8 Å². The van der Waals surface area contributed by atoms with Crippen LogP contribution in [-0.2, 0) is 6.42 Å². The summed E-state index contributed by atoms with van der Waals surface area (Å²) >= 11 is 4.91. The Morgan fingerprint density at radius 1 is 1.41 bits per heavy atom. The summed E-state index contributed by atoms with van der Waals surface area (Å²) in [6.07, 6.45) is 0.850. The number of aromatic nitrogens is 1. The number of carbonyl (C=O) groups is 1. The van der Waals surface area contributed by atoms with E-state index in [2.05, 4.69) is 37.7 Å². The number of nitrogens with one attached hydrogen (secondary N) is 1. The van der Waals surface area contributed by atoms with Crippen LogP contribution in [0.4, 0.5) is 0 Å². The molecule has 0 bridgehead atoms. The molecule has 0 aromatic carbocycles. The lowest BCUT2D eigenvalue weighted by Gasteiger charge is -2.03. The molecular weight excluding hydrogens is 300 g/mol. The van der Waals surface area contributed by atoms with Crippen LogP contribution in [0.5, 0.6) is 0 Å². The van der Waals surface area contributed by atoms with Gasteiger partial charge < -0.3 is 5.32 Å². The number of pyridine rings is 1. The van der Waals surface area contributed by atoms with Gasteiger partial charge in [-0.25, -0.2) is 4.98 Å². The van der Waals surface area contributed by atoms with Gasteiger partial charge in [0.25, 0.3) is 5.91 Å². The molecule has 2 aromatic rings. The summed E-state index contributed by atoms with van der Waals surface area (Å²) in [6, 6.07) is 7.35. The molecule has 0 aliphatic rings. The summed E-state index contributed by atoms with van der Waals surface area (Å²) in [5.74, 6) is -0.137. The SMILES string of the molecule is O=C(NCCc1ccsc1)c1cccc(Br)n1. The van der Waals surface area contributed by atoms with Crippen molar-refractivity contribution in [2.45, 2.75) is 6.42 Å². The van der Waals surface area contributed by atoms with Crippen LogP contribution in [0, 0.1) is 0 Å². The highest BCUT2D eigenvalue weighted by Gasteiger charge is 2.06. The normalized spacial score (nSPS) is 10.2. The zero-order valence-corrected chi connectivity index (χ0v) is 11.4. The fourth-order valence-corrected chi connectivity index (χ4v) is 2.43. The van der Waals surface area contributed by atoms with Gasteiger partial charge >= 0.3 is 0 Å². The summed E-state index contributed by atoms with van der Waals surface area (Å²) in [4.78, 5) is 15.8. The predicted octanol–water partition coefficient (Wildman–Crippen LogP) is 2.88. The maximum atomic E-state index is 11.7. The Labute approximate surface area is 112 Å². The number of hydrogen-bond acceptors (Lipinski definition) is 3. The predicted molar refractivity (Wildman–Crippen MR) is 72.3 cm³/mol. The standard InChI is InChI=1S/C12H11BrN2OS/c13-11-3-1-2-10(15-11)12(16)14-6-4-9-5-7-17-8-9/h1-3,5,7-8H,4,6H2,(H,14,16). The van der Waals surface area contributed by atoms with E-state index in [4.69, 9.17) is 0 Å². The Hall–Kier alpha value is -1.20. The van der Waals surface area contributed by atoms with E-state index < -0.39 is 0 Å². The van der Waals surface area contributed by atoms with Crippen LogP contribution in [0.3, 0.4) is 0 Å². The van der Waals surface area contributed by atoms with Crippen LogP contribution in [0.2, 0.25) is 0 Å². The molecule has 0 atom stereocenters. The maximum Gasteiger partial charge on any atom is 0.269 e. The molecule has 5 heteroatoms. The average molecular weight is 311 g/mol. The molecule has 17 heavy (non-hydrogen) atoms. The minimum absolute atomic E-state index is 0.137. The van der Waals surface area contributed by atoms with Crippen molar-refractivity contribution in [3.63, 3.8) is 0 Å². The highest BCUT2D eigenvalue weighted by atomic mass is 79.9. The Balaban J connectivity index is 1.85. The van der Waals surface area contributed by atoms with Gasteiger partial charge in [-0.05, 0) is 56.9 Å². The molecule has 0 aliphatic heterocycles. The molecule has 0 fully saturated rings. The topological polar surface area (TPSA) is 42.0 Å². The summed E-state index contributed by atoms with van der Waals surface area (Å²) in [7, 11) is 0. The van der Waals surface area contributed by atoms with Gasteiger partial charge in [-0.3, -0.25) is 4.79 Å². The third-order valence-corrected chi connectivity index (χ3v) is 3.40. The van der Waals surface area contributed by atoms with Crippen molar-refractivity contribution in [3.05, 3.63) is 50.9 Å². The number of thiophene rings is 1. The number of halogens is 1. The monoisotopic (exact) mass is 310 g/mol. The van der Waals surface area contributed by atoms with Crippen LogP contribution in [0.15, 0.2) is 39.6 Å². The Morgan fingerprint density at radius 2 is 2.29 bits per heavy atom. The summed E-state index contributed by atoms with van der Waals surface area (Å²) in [5.41, 5.74) is 1.68. The lowest BCUT2D eigenvalue weighted by molar-refractivity contribution is 0.0949. The fourth-order valence-electron chi connectivity index (χ4n) is 1.38. The van der Waals surface area contributed by atoms with E-state index >= 15 is 0 Å². The summed E-state index contributed by atoms with van der Waals surface area (Å²) in [6.45, 7) is 0.629. The van der Waals surface area contributed by atoms with Crippen LogP contribution < -0.4 is 5.32 Å². The molecule has 2 heterocycles. The zero-order chi connectivity index (χ0) is 12.1. The summed E-state index contributed by atoms with van der Waals surface area (Å²) < 4.78 is 0.669. The van der Waals surface area contributed by atoms with Gasteiger partial charge in [-0.15, -0.1) is 0 Å². The minimum Gasteiger partial charge on any atom is -0.350 e. The number of nitrogens with zero attached hydrogens (tertiary/aromatic N) is 1. The quantitative estimate of drug-likeness (QED) is 0.882. The van der Waals surface area contributed by atoms with Crippen LogP contribution in [-0.4, -0.2) is 17.4 Å². The lowest BCUT2D eigenvalue weighted by atomic mass is 10.2. The van der Waals surface area contributed by atoms with Crippen molar-refractivity contribution in [2.75, 3.05) is 6.54 Å². The van der Waals surface area contributed by atoms with Crippen LogP contribution in [0.25, 0.3) is 0 Å². The highest BCUT2D eigenvalue weighted by molar-refractivity contribution is 9.10. The minimum atomic E-state index is -0.137. The molecule has 0 spiro atoms. The van der Waals surface area contributed by atoms with Gasteiger partial charge in [0.05, 0.1) is 0 Å². The first kappa shape index (κ1) is 12.3. The highest BCUT2D eigenvalue weighted by Crippen LogP contribution is 2.07. The number of carbonyl (C=O) groups excluding carboxylic acids is 1. The molecular formula is C12H11BrN2OS. The largest absolute Gasteiger partial charge is 0.350 e. The fraction of sp³-hybridized carbons (Fsp3) is 0.167. The number of amides is 1. The molecule has 0 unspecified atom stereocenters. The molecule has 1 N–H and O–H groups in total. The van der Waals surface area contributed by atoms with Crippen molar-refractivity contribution in [1.82, 2.24) is 10.3 Å². The zero-order valence-electron chi connectivity index (χ0n) is 9.02. The first-order valence-corrected chi connectivity index (χ1v) is 6.91. The van der Waals surface area contributed by atoms with Gasteiger partial charge in [-0.2, -0.15) is 11.3 Å². The molecule has 88 valence electrons. The van der Waals surface area contributed by atoms with E-state index in [-0.39, 0.29) is 5.91 Å². The molecule has 0 saturated heterocycles. The Kier molecular flexibility index (Phi) is 4.28. The maximum absolute atomic E-state index is 11.7. The van der Waals surface area contributed by atoms with Crippen molar-refractivity contribution in [2.24, 2.45) is 0 Å². The van der Waals surface area contributed by atoms with Gasteiger partial charge in [0.15, 0.2) is 0 Å². The second-order valence-corrected chi connectivity index (χ2v) is 5.08. The van der Waals surface area contributed by atoms with E-state index in [9.17, 15) is 4.79 Å². The third kappa shape index (κ3) is 3.64. The molecule has 0 aliphatic carbocycles. The molecule has 0 saturated carbocycles. The van der Waals surface area contributed by atoms with Gasteiger partial charge in [0, 0.05) is 6.54 Å². The smallest absolute Gasteiger partial charge is 0.269 e. The average Bonchev–Trinajstić information content (AvgIpc) is 2.82. The number of hydrogen-bond donors (Lipinski definition) is 1. The van der Waals surface area contributed by atoms with E-state index in [1.807, 2.05) is 5.38 Å². The molecule has 0 radical (unpaired) electrons. The lowest BCUT2D eigenvalue weighted by Crippen LogP contribution is -2.26. The number of rotatable bonds is 4. The Morgan fingerprint density at radius 3 is 3.00 bits per heavy atom. The van der Waals surface area contributed by atoms with Crippen molar-refractivity contribution < 1.29 is 4.79 Å². The first-order chi connectivity index (χ1) is 8.25. The second-order valence-electron chi connectivity index (χ2n) is 3.48. The van der Waals surface area contributed by atoms with Crippen LogP contribution >= 0.6 is 27.3 Å². The van der Waals surface area contributed by atoms with E-state index in [1.54, 1.807) is 29.5 Å². The second kappa shape index (κ2) is 5.93.